The molecule has 0 aliphatic rings. The van der Waals surface area contributed by atoms with Crippen molar-refractivity contribution in [2.45, 2.75) is 6.61 Å². The molecular weight excluding hydrogens is 196 g/mol. The molecule has 0 aromatic heterocycles. The molecule has 13 heavy (non-hydrogen) atoms. The molecule has 2 N–H and O–H groups in total. The van der Waals surface area contributed by atoms with Crippen LogP contribution < -0.4 is 0 Å². The van der Waals surface area contributed by atoms with Crippen LogP contribution in [-0.2, 0) is 11.3 Å². The van der Waals surface area contributed by atoms with E-state index < -0.39 is 5.43 Å². The molecule has 70 valence electrons. The Kier molecular flexibility index (Phi) is 2.97. The Hall–Kier alpha value is -1.42. The van der Waals surface area contributed by atoms with Crippen LogP contribution in [0, 0.1) is 0 Å². The molecule has 0 fully saturated rings. The van der Waals surface area contributed by atoms with E-state index in [4.69, 9.17) is 16.7 Å². The molecule has 4 nitrogen and oxygen atoms in total. The third kappa shape index (κ3) is 2.52. The molecule has 0 unspecified atom stereocenters. The van der Waals surface area contributed by atoms with Crippen molar-refractivity contribution in [2.75, 3.05) is 0 Å². The van der Waals surface area contributed by atoms with Gasteiger partial charge in [0, 0.05) is 17.2 Å². The second-order valence-corrected chi connectivity index (χ2v) is 2.62. The highest BCUT2D eigenvalue weighted by Crippen LogP contribution is 2.28. The number of benzene rings is 1. The molecule has 1 rings (SSSR count). The molecule has 0 spiro atoms. The van der Waals surface area contributed by atoms with Gasteiger partial charge in [0.1, 0.15) is 6.61 Å². The Morgan fingerprint density at radius 1 is 1.46 bits per heavy atom. The van der Waals surface area contributed by atoms with Crippen molar-refractivity contribution in [1.29, 1.82) is 0 Å². The molecule has 0 saturated carbocycles. The van der Waals surface area contributed by atoms with Crippen molar-refractivity contribution in [2.24, 2.45) is 0 Å². The monoisotopic (exact) mass is 202 g/mol. The van der Waals surface area contributed by atoms with E-state index in [2.05, 4.69) is 4.74 Å². The third-order valence-electron chi connectivity index (χ3n) is 1.44. The molecule has 1 aromatic carbocycles. The van der Waals surface area contributed by atoms with E-state index >= 15 is 0 Å². The molecular formula is C8H7ClO4. The highest BCUT2D eigenvalue weighted by molar-refractivity contribution is 6.61. The summed E-state index contributed by atoms with van der Waals surface area (Å²) in [4.78, 5) is 10.2. The van der Waals surface area contributed by atoms with Gasteiger partial charge in [0.25, 0.3) is 0 Å². The molecule has 0 saturated heterocycles. The van der Waals surface area contributed by atoms with Crippen LogP contribution in [0.4, 0.5) is 4.79 Å². The van der Waals surface area contributed by atoms with Crippen LogP contribution in [0.3, 0.4) is 0 Å². The molecule has 0 aliphatic heterocycles. The largest absolute Gasteiger partial charge is 0.504 e. The van der Waals surface area contributed by atoms with Gasteiger partial charge in [-0.2, -0.15) is 0 Å². The molecule has 0 atom stereocenters. The minimum Gasteiger partial charge on any atom is -0.504 e. The number of rotatable bonds is 2. The predicted octanol–water partition coefficient (Wildman–Crippen LogP) is 1.97. The van der Waals surface area contributed by atoms with Crippen LogP contribution >= 0.6 is 11.6 Å². The topological polar surface area (TPSA) is 66.8 Å². The van der Waals surface area contributed by atoms with Gasteiger partial charge in [-0.3, -0.25) is 0 Å². The van der Waals surface area contributed by atoms with Crippen molar-refractivity contribution in [1.82, 2.24) is 0 Å². The SMILES string of the molecule is O=C(Cl)OCc1cccc(O)c1O. The smallest absolute Gasteiger partial charge is 0.404 e. The van der Waals surface area contributed by atoms with Crippen molar-refractivity contribution < 1.29 is 19.7 Å². The minimum atomic E-state index is -0.956. The number of para-hydroxylation sites is 1. The van der Waals surface area contributed by atoms with Gasteiger partial charge in [0.15, 0.2) is 11.5 Å². The first-order valence-corrected chi connectivity index (χ1v) is 3.81. The average Bonchev–Trinajstić information content (AvgIpc) is 2.07. The second-order valence-electron chi connectivity index (χ2n) is 2.31. The predicted molar refractivity (Wildman–Crippen MR) is 45.8 cm³/mol. The number of hydrogen-bond donors (Lipinski definition) is 2. The fourth-order valence-electron chi connectivity index (χ4n) is 0.829. The molecule has 0 bridgehead atoms. The van der Waals surface area contributed by atoms with Crippen LogP contribution in [-0.4, -0.2) is 15.6 Å². The van der Waals surface area contributed by atoms with E-state index in [1.807, 2.05) is 0 Å². The minimum absolute atomic E-state index is 0.164. The highest BCUT2D eigenvalue weighted by Gasteiger charge is 2.06. The Morgan fingerprint density at radius 3 is 2.77 bits per heavy atom. The third-order valence-corrected chi connectivity index (χ3v) is 1.55. The van der Waals surface area contributed by atoms with Gasteiger partial charge in [0.2, 0.25) is 0 Å². The summed E-state index contributed by atoms with van der Waals surface area (Å²) in [5.74, 6) is -0.566. The van der Waals surface area contributed by atoms with Gasteiger partial charge in [-0.25, -0.2) is 4.79 Å². The zero-order valence-electron chi connectivity index (χ0n) is 6.53. The zero-order chi connectivity index (χ0) is 9.84. The van der Waals surface area contributed by atoms with E-state index in [1.54, 1.807) is 0 Å². The van der Waals surface area contributed by atoms with Crippen molar-refractivity contribution in [3.8, 4) is 11.5 Å². The lowest BCUT2D eigenvalue weighted by Gasteiger charge is -2.04. The summed E-state index contributed by atoms with van der Waals surface area (Å²) < 4.78 is 4.42. The molecule has 0 amide bonds. The summed E-state index contributed by atoms with van der Waals surface area (Å²) in [6.07, 6.45) is 0. The summed E-state index contributed by atoms with van der Waals surface area (Å²) in [6, 6.07) is 4.35. The quantitative estimate of drug-likeness (QED) is 0.569. The van der Waals surface area contributed by atoms with Crippen LogP contribution in [0.5, 0.6) is 11.5 Å². The number of halogens is 1. The zero-order valence-corrected chi connectivity index (χ0v) is 7.28. The number of carbonyl (C=O) groups excluding carboxylic acids is 1. The Morgan fingerprint density at radius 2 is 2.15 bits per heavy atom. The lowest BCUT2D eigenvalue weighted by Crippen LogP contribution is -1.94. The van der Waals surface area contributed by atoms with Gasteiger partial charge < -0.3 is 14.9 Å². The summed E-state index contributed by atoms with van der Waals surface area (Å²) >= 11 is 4.91. The average molecular weight is 203 g/mol. The fourth-order valence-corrected chi connectivity index (χ4v) is 0.883. The number of phenolic OH excluding ortho intramolecular Hbond substituents is 2. The van der Waals surface area contributed by atoms with E-state index in [1.165, 1.54) is 18.2 Å². The van der Waals surface area contributed by atoms with E-state index in [9.17, 15) is 9.90 Å². The Bertz CT molecular complexity index is 324. The normalized spacial score (nSPS) is 9.62. The van der Waals surface area contributed by atoms with Crippen LogP contribution in [0.25, 0.3) is 0 Å². The van der Waals surface area contributed by atoms with Gasteiger partial charge in [0.05, 0.1) is 0 Å². The van der Waals surface area contributed by atoms with Gasteiger partial charge in [-0.05, 0) is 6.07 Å². The standard InChI is InChI=1S/C8H7ClO4/c9-8(12)13-4-5-2-1-3-6(10)7(5)11/h1-3,10-11H,4H2. The summed E-state index contributed by atoms with van der Waals surface area (Å²) in [5.41, 5.74) is -0.656. The first kappa shape index (κ1) is 9.67. The number of ether oxygens (including phenoxy) is 1. The first-order chi connectivity index (χ1) is 6.11. The Balaban J connectivity index is 2.77. The first-order valence-electron chi connectivity index (χ1n) is 3.43. The van der Waals surface area contributed by atoms with Crippen LogP contribution in [0.1, 0.15) is 5.56 Å². The maximum atomic E-state index is 10.2. The van der Waals surface area contributed by atoms with Crippen LogP contribution in [0.2, 0.25) is 0 Å². The lowest BCUT2D eigenvalue weighted by atomic mass is 10.2. The van der Waals surface area contributed by atoms with Crippen LogP contribution in [0.15, 0.2) is 18.2 Å². The summed E-state index contributed by atoms with van der Waals surface area (Å²) in [5, 5.41) is 18.3. The maximum absolute atomic E-state index is 10.2. The van der Waals surface area contributed by atoms with Gasteiger partial charge in [-0.1, -0.05) is 12.1 Å². The summed E-state index contributed by atoms with van der Waals surface area (Å²) in [6.45, 7) is -0.164. The molecule has 1 aromatic rings. The second kappa shape index (κ2) is 4.00. The van der Waals surface area contributed by atoms with E-state index in [0.717, 1.165) is 0 Å². The van der Waals surface area contributed by atoms with Crippen molar-refractivity contribution in [3.05, 3.63) is 23.8 Å². The number of aromatic hydroxyl groups is 2. The number of carbonyl (C=O) groups is 1. The van der Waals surface area contributed by atoms with E-state index in [-0.39, 0.29) is 18.1 Å². The van der Waals surface area contributed by atoms with Crippen molar-refractivity contribution >= 4 is 17.0 Å². The number of phenols is 2. The lowest BCUT2D eigenvalue weighted by molar-refractivity contribution is 0.165. The molecule has 0 aliphatic carbocycles. The highest BCUT2D eigenvalue weighted by atomic mass is 35.5. The van der Waals surface area contributed by atoms with E-state index in [0.29, 0.717) is 5.56 Å². The maximum Gasteiger partial charge on any atom is 0.404 e. The fraction of sp³-hybridized carbons (Fsp3) is 0.125. The molecule has 5 heteroatoms. The molecule has 0 heterocycles. The van der Waals surface area contributed by atoms with Gasteiger partial charge in [-0.15, -0.1) is 0 Å². The number of hydrogen-bond acceptors (Lipinski definition) is 4. The van der Waals surface area contributed by atoms with Gasteiger partial charge >= 0.3 is 5.43 Å². The molecule has 0 radical (unpaired) electrons. The van der Waals surface area contributed by atoms with Crippen molar-refractivity contribution in [3.63, 3.8) is 0 Å². The Labute approximate surface area is 79.3 Å². The summed E-state index contributed by atoms with van der Waals surface area (Å²) in [7, 11) is 0.